The molecule has 1 atom stereocenters. The Morgan fingerprint density at radius 1 is 1.15 bits per heavy atom. The van der Waals surface area contributed by atoms with Gasteiger partial charge in [0.15, 0.2) is 16.6 Å². The van der Waals surface area contributed by atoms with E-state index in [0.717, 1.165) is 16.7 Å². The first-order valence-electron chi connectivity index (χ1n) is 10.6. The van der Waals surface area contributed by atoms with Crippen LogP contribution in [0.25, 0.3) is 0 Å². The van der Waals surface area contributed by atoms with Gasteiger partial charge in [0.1, 0.15) is 0 Å². The van der Waals surface area contributed by atoms with Gasteiger partial charge in [-0.1, -0.05) is 30.3 Å². The van der Waals surface area contributed by atoms with Gasteiger partial charge in [0.25, 0.3) is 0 Å². The van der Waals surface area contributed by atoms with Crippen molar-refractivity contribution in [1.82, 2.24) is 15.2 Å². The number of hydrogen-bond donors (Lipinski definition) is 2. The molecule has 3 aromatic rings. The van der Waals surface area contributed by atoms with E-state index in [-0.39, 0.29) is 30.9 Å². The molecule has 1 aromatic heterocycles. The van der Waals surface area contributed by atoms with Crippen molar-refractivity contribution in [2.45, 2.75) is 18.9 Å². The van der Waals surface area contributed by atoms with Gasteiger partial charge in [-0.15, -0.1) is 11.3 Å². The minimum Gasteiger partial charge on any atom is -0.493 e. The van der Waals surface area contributed by atoms with Crippen LogP contribution in [0, 0.1) is 0 Å². The summed E-state index contributed by atoms with van der Waals surface area (Å²) in [5.74, 6) is 1.11. The number of methoxy groups -OCH3 is 2. The summed E-state index contributed by atoms with van der Waals surface area (Å²) in [6.45, 7) is 0.770. The molecule has 9 heteroatoms. The average molecular weight is 467 g/mol. The number of ether oxygens (including phenoxy) is 2. The van der Waals surface area contributed by atoms with Crippen molar-refractivity contribution in [2.24, 2.45) is 0 Å². The molecule has 3 amide bonds. The fraction of sp³-hybridized carbons (Fsp3) is 0.292. The number of amides is 3. The van der Waals surface area contributed by atoms with Gasteiger partial charge in [-0.05, 0) is 35.2 Å². The molecule has 0 aliphatic carbocycles. The van der Waals surface area contributed by atoms with E-state index in [1.807, 2.05) is 47.4 Å². The zero-order valence-electron chi connectivity index (χ0n) is 18.5. The monoisotopic (exact) mass is 466 g/mol. The number of carbonyl (C=O) groups excluding carboxylic acids is 2. The molecule has 2 N–H and O–H groups in total. The fourth-order valence-electron chi connectivity index (χ4n) is 4.01. The Balaban J connectivity index is 1.52. The van der Waals surface area contributed by atoms with Gasteiger partial charge < -0.3 is 25.0 Å². The number of thiazole rings is 1. The van der Waals surface area contributed by atoms with E-state index in [1.165, 1.54) is 11.3 Å². The maximum Gasteiger partial charge on any atom is 0.318 e. The fourth-order valence-corrected chi connectivity index (χ4v) is 4.56. The number of nitrogens with zero attached hydrogens (tertiary/aromatic N) is 2. The second-order valence-electron chi connectivity index (χ2n) is 7.53. The minimum absolute atomic E-state index is 0.163. The molecule has 0 radical (unpaired) electrons. The van der Waals surface area contributed by atoms with Crippen LogP contribution in [0.15, 0.2) is 54.0 Å². The van der Waals surface area contributed by atoms with Crippen molar-refractivity contribution in [1.29, 1.82) is 0 Å². The van der Waals surface area contributed by atoms with Crippen molar-refractivity contribution in [3.05, 3.63) is 70.7 Å². The molecule has 0 spiro atoms. The van der Waals surface area contributed by atoms with E-state index in [4.69, 9.17) is 9.47 Å². The molecule has 1 aliphatic rings. The lowest BCUT2D eigenvalue weighted by molar-refractivity contribution is -0.116. The molecule has 0 bridgehead atoms. The van der Waals surface area contributed by atoms with Crippen LogP contribution in [-0.4, -0.2) is 49.1 Å². The number of aromatic nitrogens is 1. The maximum atomic E-state index is 13.2. The molecule has 4 rings (SSSR count). The van der Waals surface area contributed by atoms with Crippen LogP contribution in [0.1, 0.15) is 29.2 Å². The quantitative estimate of drug-likeness (QED) is 0.552. The molecule has 1 aliphatic heterocycles. The predicted molar refractivity (Wildman–Crippen MR) is 127 cm³/mol. The van der Waals surface area contributed by atoms with Gasteiger partial charge in [-0.25, -0.2) is 9.78 Å². The number of hydrogen-bond acceptors (Lipinski definition) is 6. The van der Waals surface area contributed by atoms with Crippen molar-refractivity contribution in [2.75, 3.05) is 32.6 Å². The summed E-state index contributed by atoms with van der Waals surface area (Å²) in [5, 5.41) is 7.96. The Hall–Kier alpha value is -3.59. The van der Waals surface area contributed by atoms with Crippen LogP contribution in [0.3, 0.4) is 0 Å². The number of carbonyl (C=O) groups is 2. The lowest BCUT2D eigenvalue weighted by Crippen LogP contribution is -2.46. The summed E-state index contributed by atoms with van der Waals surface area (Å²) in [6, 6.07) is 13.3. The molecular weight excluding hydrogens is 440 g/mol. The highest BCUT2D eigenvalue weighted by Crippen LogP contribution is 2.40. The third-order valence-corrected chi connectivity index (χ3v) is 6.25. The Kier molecular flexibility index (Phi) is 7.09. The smallest absolute Gasteiger partial charge is 0.318 e. The largest absolute Gasteiger partial charge is 0.493 e. The second kappa shape index (κ2) is 10.4. The van der Waals surface area contributed by atoms with Gasteiger partial charge in [-0.2, -0.15) is 0 Å². The van der Waals surface area contributed by atoms with Gasteiger partial charge in [0, 0.05) is 31.1 Å². The van der Waals surface area contributed by atoms with Crippen LogP contribution >= 0.6 is 11.3 Å². The predicted octanol–water partition coefficient (Wildman–Crippen LogP) is 3.85. The third-order valence-electron chi connectivity index (χ3n) is 5.56. The standard InChI is InChI=1S/C24H26N4O4S/c1-31-19-14-17-9-12-28(24(30)26-10-8-21(29)27-23-25-11-13-33-23)22(16-6-4-3-5-7-16)18(17)15-20(19)32-2/h3-7,11,13-15,22H,8-10,12H2,1-2H3,(H,26,30)(H,25,27,29). The molecular formula is C24H26N4O4S. The van der Waals surface area contributed by atoms with Crippen LogP contribution in [0.5, 0.6) is 11.5 Å². The number of nitrogens with one attached hydrogen (secondary N) is 2. The van der Waals surface area contributed by atoms with E-state index >= 15 is 0 Å². The van der Waals surface area contributed by atoms with Gasteiger partial charge in [0.05, 0.1) is 20.3 Å². The number of fused-ring (bicyclic) bond motifs is 1. The minimum atomic E-state index is -0.279. The third kappa shape index (κ3) is 5.09. The zero-order chi connectivity index (χ0) is 23.2. The number of urea groups is 1. The lowest BCUT2D eigenvalue weighted by atomic mass is 9.88. The summed E-state index contributed by atoms with van der Waals surface area (Å²) >= 11 is 1.35. The molecule has 2 heterocycles. The first-order chi connectivity index (χ1) is 16.1. The Morgan fingerprint density at radius 2 is 1.91 bits per heavy atom. The molecule has 0 saturated heterocycles. The van der Waals surface area contributed by atoms with Crippen molar-refractivity contribution in [3.8, 4) is 11.5 Å². The van der Waals surface area contributed by atoms with Crippen molar-refractivity contribution < 1.29 is 19.1 Å². The summed E-state index contributed by atoms with van der Waals surface area (Å²) in [4.78, 5) is 31.1. The van der Waals surface area contributed by atoms with Gasteiger partial charge in [0.2, 0.25) is 5.91 Å². The van der Waals surface area contributed by atoms with E-state index in [0.29, 0.717) is 29.6 Å². The molecule has 0 fully saturated rings. The van der Waals surface area contributed by atoms with Crippen molar-refractivity contribution >= 4 is 28.4 Å². The molecule has 0 saturated carbocycles. The maximum absolute atomic E-state index is 13.2. The normalized spacial score (nSPS) is 14.8. The highest BCUT2D eigenvalue weighted by atomic mass is 32.1. The molecule has 8 nitrogen and oxygen atoms in total. The lowest BCUT2D eigenvalue weighted by Gasteiger charge is -2.38. The summed E-state index contributed by atoms with van der Waals surface area (Å²) in [7, 11) is 3.22. The van der Waals surface area contributed by atoms with Crippen molar-refractivity contribution in [3.63, 3.8) is 0 Å². The molecule has 2 aromatic carbocycles. The van der Waals surface area contributed by atoms with Crippen LogP contribution in [-0.2, 0) is 11.2 Å². The first kappa shape index (κ1) is 22.6. The zero-order valence-corrected chi connectivity index (χ0v) is 19.4. The van der Waals surface area contributed by atoms with Crippen LogP contribution in [0.4, 0.5) is 9.93 Å². The Morgan fingerprint density at radius 3 is 2.61 bits per heavy atom. The molecule has 1 unspecified atom stereocenters. The molecule has 172 valence electrons. The number of rotatable bonds is 7. The van der Waals surface area contributed by atoms with E-state index in [9.17, 15) is 9.59 Å². The second-order valence-corrected chi connectivity index (χ2v) is 8.42. The highest BCUT2D eigenvalue weighted by molar-refractivity contribution is 7.13. The van der Waals surface area contributed by atoms with E-state index < -0.39 is 0 Å². The Bertz CT molecular complexity index is 1110. The van der Waals surface area contributed by atoms with Gasteiger partial charge in [-0.3, -0.25) is 4.79 Å². The average Bonchev–Trinajstić information content (AvgIpc) is 3.35. The van der Waals surface area contributed by atoms with E-state index in [2.05, 4.69) is 15.6 Å². The first-order valence-corrected chi connectivity index (χ1v) is 11.5. The van der Waals surface area contributed by atoms with Gasteiger partial charge >= 0.3 is 6.03 Å². The molecule has 33 heavy (non-hydrogen) atoms. The van der Waals surface area contributed by atoms with Crippen LogP contribution in [0.2, 0.25) is 0 Å². The Labute approximate surface area is 196 Å². The van der Waals surface area contributed by atoms with Crippen LogP contribution < -0.4 is 20.1 Å². The van der Waals surface area contributed by atoms with E-state index in [1.54, 1.807) is 25.8 Å². The topological polar surface area (TPSA) is 92.8 Å². The number of benzene rings is 2. The summed E-state index contributed by atoms with van der Waals surface area (Å²) < 4.78 is 11.0. The SMILES string of the molecule is COc1cc2c(cc1OC)C(c1ccccc1)N(C(=O)NCCC(=O)Nc1nccs1)CC2. The number of anilines is 1. The summed E-state index contributed by atoms with van der Waals surface area (Å²) in [6.07, 6.45) is 2.48. The summed E-state index contributed by atoms with van der Waals surface area (Å²) in [5.41, 5.74) is 3.12. The highest BCUT2D eigenvalue weighted by Gasteiger charge is 2.33.